The molecule has 0 saturated heterocycles. The standard InChI is InChI=1S/C23H30O2/c1-5-15(2)23(25)13-10-20-18-7-6-16-14-17(24)8-11-21(16,3)19(18)9-12-22(20,23)4/h5-8,11,14-15,18-20,25H,1,9-10,12-13H2,2-4H3/t15?,18-,19+,20+,21+,22+,23+/m1/s1. The lowest BCUT2D eigenvalue weighted by Crippen LogP contribution is -2.55. The Balaban J connectivity index is 1.74. The highest BCUT2D eigenvalue weighted by Crippen LogP contribution is 2.66. The van der Waals surface area contributed by atoms with Crippen LogP contribution in [0.1, 0.15) is 46.5 Å². The second kappa shape index (κ2) is 5.30. The van der Waals surface area contributed by atoms with Crippen LogP contribution in [-0.2, 0) is 4.79 Å². The van der Waals surface area contributed by atoms with Crippen molar-refractivity contribution in [2.24, 2.45) is 34.5 Å². The van der Waals surface area contributed by atoms with Crippen molar-refractivity contribution in [1.82, 2.24) is 0 Å². The summed E-state index contributed by atoms with van der Waals surface area (Å²) >= 11 is 0. The van der Waals surface area contributed by atoms with Crippen LogP contribution >= 0.6 is 0 Å². The van der Waals surface area contributed by atoms with Crippen LogP contribution in [0.5, 0.6) is 0 Å². The van der Waals surface area contributed by atoms with Gasteiger partial charge in [0.15, 0.2) is 5.78 Å². The van der Waals surface area contributed by atoms with E-state index in [1.807, 2.05) is 12.2 Å². The van der Waals surface area contributed by atoms with Crippen molar-refractivity contribution >= 4 is 5.78 Å². The van der Waals surface area contributed by atoms with E-state index >= 15 is 0 Å². The number of hydrogen-bond acceptors (Lipinski definition) is 2. The summed E-state index contributed by atoms with van der Waals surface area (Å²) in [5.41, 5.74) is 0.419. The first-order chi connectivity index (χ1) is 11.8. The SMILES string of the molecule is C=CC(C)[C@@]1(O)CC[C@H]2[C@@H]3C=CC4=CC(=O)C=C[C@]4(C)[C@H]3CC[C@@]21C. The minimum atomic E-state index is -0.645. The zero-order valence-electron chi connectivity index (χ0n) is 15.7. The molecule has 0 aromatic carbocycles. The van der Waals surface area contributed by atoms with E-state index in [2.05, 4.69) is 45.6 Å². The lowest BCUT2D eigenvalue weighted by atomic mass is 9.48. The van der Waals surface area contributed by atoms with Crippen LogP contribution in [0.2, 0.25) is 0 Å². The molecule has 1 N–H and O–H groups in total. The fourth-order valence-corrected chi connectivity index (χ4v) is 6.65. The van der Waals surface area contributed by atoms with Crippen molar-refractivity contribution in [2.75, 3.05) is 0 Å². The molecule has 0 bridgehead atoms. The van der Waals surface area contributed by atoms with Gasteiger partial charge in [0.05, 0.1) is 5.60 Å². The van der Waals surface area contributed by atoms with Crippen molar-refractivity contribution in [3.8, 4) is 0 Å². The quantitative estimate of drug-likeness (QED) is 0.746. The second-order valence-corrected chi connectivity index (χ2v) is 9.21. The van der Waals surface area contributed by atoms with E-state index < -0.39 is 5.60 Å². The molecule has 2 saturated carbocycles. The Morgan fingerprint density at radius 2 is 1.96 bits per heavy atom. The monoisotopic (exact) mass is 338 g/mol. The number of hydrogen-bond donors (Lipinski definition) is 1. The van der Waals surface area contributed by atoms with Gasteiger partial charge in [0.25, 0.3) is 0 Å². The van der Waals surface area contributed by atoms with E-state index in [0.717, 1.165) is 31.3 Å². The van der Waals surface area contributed by atoms with Gasteiger partial charge in [0.1, 0.15) is 0 Å². The summed E-state index contributed by atoms with van der Waals surface area (Å²) in [7, 11) is 0. The van der Waals surface area contributed by atoms with Gasteiger partial charge in [-0.1, -0.05) is 45.1 Å². The largest absolute Gasteiger partial charge is 0.389 e. The summed E-state index contributed by atoms with van der Waals surface area (Å²) in [5.74, 6) is 1.72. The second-order valence-electron chi connectivity index (χ2n) is 9.21. The number of carbonyl (C=O) groups is 1. The maximum Gasteiger partial charge on any atom is 0.178 e. The van der Waals surface area contributed by atoms with Gasteiger partial charge < -0.3 is 5.11 Å². The lowest BCUT2D eigenvalue weighted by molar-refractivity contribution is -0.128. The van der Waals surface area contributed by atoms with E-state index in [0.29, 0.717) is 17.8 Å². The maximum atomic E-state index is 11.8. The molecule has 2 nitrogen and oxygen atoms in total. The number of fused-ring (bicyclic) bond motifs is 5. The molecule has 0 radical (unpaired) electrons. The molecule has 0 amide bonds. The lowest BCUT2D eigenvalue weighted by Gasteiger charge is -2.57. The molecule has 2 heteroatoms. The normalized spacial score (nSPS) is 49.0. The molecule has 4 rings (SSSR count). The molecule has 1 unspecified atom stereocenters. The van der Waals surface area contributed by atoms with E-state index in [1.54, 1.807) is 6.08 Å². The number of ketones is 1. The van der Waals surface area contributed by atoms with E-state index in [9.17, 15) is 9.90 Å². The maximum absolute atomic E-state index is 11.8. The summed E-state index contributed by atoms with van der Waals surface area (Å²) in [4.78, 5) is 11.8. The van der Waals surface area contributed by atoms with Gasteiger partial charge >= 0.3 is 0 Å². The van der Waals surface area contributed by atoms with Crippen LogP contribution < -0.4 is 0 Å². The minimum absolute atomic E-state index is 0.0422. The summed E-state index contributed by atoms with van der Waals surface area (Å²) in [5, 5.41) is 11.6. The number of allylic oxidation sites excluding steroid dienone is 6. The summed E-state index contributed by atoms with van der Waals surface area (Å²) in [6.07, 6.45) is 16.2. The Kier molecular flexibility index (Phi) is 3.61. The third-order valence-electron chi connectivity index (χ3n) is 8.44. The smallest absolute Gasteiger partial charge is 0.178 e. The predicted octanol–water partition coefficient (Wildman–Crippen LogP) is 4.62. The fourth-order valence-electron chi connectivity index (χ4n) is 6.65. The Hall–Kier alpha value is -1.41. The van der Waals surface area contributed by atoms with Crippen LogP contribution in [0.3, 0.4) is 0 Å². The van der Waals surface area contributed by atoms with Crippen LogP contribution in [0.4, 0.5) is 0 Å². The summed E-state index contributed by atoms with van der Waals surface area (Å²) in [6.45, 7) is 10.7. The molecule has 25 heavy (non-hydrogen) atoms. The molecular weight excluding hydrogens is 308 g/mol. The third kappa shape index (κ3) is 2.04. The Morgan fingerprint density at radius 1 is 1.24 bits per heavy atom. The van der Waals surface area contributed by atoms with Crippen LogP contribution in [-0.4, -0.2) is 16.5 Å². The van der Waals surface area contributed by atoms with E-state index in [4.69, 9.17) is 0 Å². The number of carbonyl (C=O) groups excluding carboxylic acids is 1. The van der Waals surface area contributed by atoms with Gasteiger partial charge in [-0.25, -0.2) is 0 Å². The highest BCUT2D eigenvalue weighted by molar-refractivity contribution is 6.01. The first-order valence-electron chi connectivity index (χ1n) is 9.75. The molecule has 0 aliphatic heterocycles. The number of aliphatic hydroxyl groups is 1. The van der Waals surface area contributed by atoms with E-state index in [1.165, 1.54) is 0 Å². The zero-order valence-corrected chi connectivity index (χ0v) is 15.7. The van der Waals surface area contributed by atoms with Gasteiger partial charge in [-0.2, -0.15) is 0 Å². The van der Waals surface area contributed by atoms with Gasteiger partial charge in [-0.05, 0) is 61.2 Å². The minimum Gasteiger partial charge on any atom is -0.389 e. The first-order valence-corrected chi connectivity index (χ1v) is 9.75. The zero-order chi connectivity index (χ0) is 18.0. The molecule has 4 aliphatic rings. The topological polar surface area (TPSA) is 37.3 Å². The van der Waals surface area contributed by atoms with Crippen molar-refractivity contribution in [1.29, 1.82) is 0 Å². The molecule has 4 aliphatic carbocycles. The average molecular weight is 338 g/mol. The number of rotatable bonds is 2. The Bertz CT molecular complexity index is 714. The van der Waals surface area contributed by atoms with Crippen molar-refractivity contribution in [2.45, 2.75) is 52.1 Å². The van der Waals surface area contributed by atoms with Gasteiger partial charge in [0.2, 0.25) is 0 Å². The molecule has 7 atom stereocenters. The predicted molar refractivity (Wildman–Crippen MR) is 101 cm³/mol. The highest BCUT2D eigenvalue weighted by atomic mass is 16.3. The van der Waals surface area contributed by atoms with Crippen molar-refractivity contribution < 1.29 is 9.90 Å². The summed E-state index contributed by atoms with van der Waals surface area (Å²) in [6, 6.07) is 0. The molecule has 0 heterocycles. The molecule has 2 fully saturated rings. The van der Waals surface area contributed by atoms with E-state index in [-0.39, 0.29) is 22.5 Å². The van der Waals surface area contributed by atoms with Gasteiger partial charge in [-0.15, -0.1) is 6.58 Å². The molecule has 134 valence electrons. The molecule has 0 aromatic rings. The van der Waals surface area contributed by atoms with Crippen molar-refractivity contribution in [3.05, 3.63) is 48.6 Å². The summed E-state index contributed by atoms with van der Waals surface area (Å²) < 4.78 is 0. The molecule has 0 spiro atoms. The van der Waals surface area contributed by atoms with Crippen LogP contribution in [0, 0.1) is 34.5 Å². The molecular formula is C23H30O2. The Morgan fingerprint density at radius 3 is 2.68 bits per heavy atom. The molecule has 0 aromatic heterocycles. The van der Waals surface area contributed by atoms with Crippen LogP contribution in [0.15, 0.2) is 48.6 Å². The van der Waals surface area contributed by atoms with Crippen LogP contribution in [0.25, 0.3) is 0 Å². The van der Waals surface area contributed by atoms with Gasteiger partial charge in [0, 0.05) is 16.7 Å². The Labute approximate surface area is 151 Å². The first kappa shape index (κ1) is 17.0. The average Bonchev–Trinajstić information content (AvgIpc) is 2.87. The van der Waals surface area contributed by atoms with Crippen molar-refractivity contribution in [3.63, 3.8) is 0 Å². The highest BCUT2D eigenvalue weighted by Gasteiger charge is 2.63. The third-order valence-corrected chi connectivity index (χ3v) is 8.44. The van der Waals surface area contributed by atoms with Gasteiger partial charge in [-0.3, -0.25) is 4.79 Å². The fraction of sp³-hybridized carbons (Fsp3) is 0.609.